The maximum Gasteiger partial charge on any atom is 0.226 e. The molecule has 0 atom stereocenters. The summed E-state index contributed by atoms with van der Waals surface area (Å²) < 4.78 is 0. The van der Waals surface area contributed by atoms with Gasteiger partial charge in [-0.15, -0.1) is 0 Å². The number of nitrogens with two attached hydrogens (primary N) is 2. The smallest absolute Gasteiger partial charge is 0.226 e. The van der Waals surface area contributed by atoms with Gasteiger partial charge in [0.1, 0.15) is 0 Å². The van der Waals surface area contributed by atoms with Gasteiger partial charge < -0.3 is 11.5 Å². The molecule has 1 heterocycles. The van der Waals surface area contributed by atoms with Gasteiger partial charge >= 0.3 is 0 Å². The molecular weight excluding hydrogens is 278 g/mol. The third kappa shape index (κ3) is 3.39. The summed E-state index contributed by atoms with van der Waals surface area (Å²) in [4.78, 5) is 14.0. The van der Waals surface area contributed by atoms with Crippen LogP contribution in [0.1, 0.15) is 36.1 Å². The van der Waals surface area contributed by atoms with Crippen molar-refractivity contribution in [3.05, 3.63) is 34.4 Å². The molecule has 0 radical (unpaired) electrons. The molecule has 6 heteroatoms. The Balaban J connectivity index is 2.04. The average Bonchev–Trinajstić information content (AvgIpc) is 2.33. The van der Waals surface area contributed by atoms with Crippen molar-refractivity contribution < 1.29 is 4.84 Å². The van der Waals surface area contributed by atoms with Crippen molar-refractivity contribution >= 4 is 11.9 Å². The summed E-state index contributed by atoms with van der Waals surface area (Å²) in [6.07, 6.45) is 0.803. The third-order valence-electron chi connectivity index (χ3n) is 3.74. The van der Waals surface area contributed by atoms with Gasteiger partial charge in [0.25, 0.3) is 0 Å². The summed E-state index contributed by atoms with van der Waals surface area (Å²) in [5.41, 5.74) is 16.0. The molecule has 120 valence electrons. The molecule has 0 saturated carbocycles. The van der Waals surface area contributed by atoms with E-state index in [0.717, 1.165) is 6.42 Å². The fourth-order valence-electron chi connectivity index (χ4n) is 2.86. The number of hydrogen-bond acceptors (Lipinski definition) is 6. The van der Waals surface area contributed by atoms with Crippen LogP contribution in [0.5, 0.6) is 0 Å². The average molecular weight is 303 g/mol. The first kappa shape index (κ1) is 16.3. The molecule has 0 unspecified atom stereocenters. The van der Waals surface area contributed by atoms with E-state index in [0.29, 0.717) is 6.61 Å². The van der Waals surface area contributed by atoms with Crippen molar-refractivity contribution in [2.24, 2.45) is 21.5 Å². The molecular formula is C16H25N5O. The highest BCUT2D eigenvalue weighted by Crippen LogP contribution is 2.21. The largest absolute Gasteiger partial charge is 0.368 e. The van der Waals surface area contributed by atoms with Crippen molar-refractivity contribution in [2.75, 3.05) is 6.61 Å². The Bertz CT molecular complexity index is 610. The molecule has 2 rings (SSSR count). The standard InChI is InChI=1S/C16H25N5O/c1-10-8-11(2)13(12(3)9-10)6-7-22-21-15(18)19-14(17)20-16(21,4)5/h8-9H,6-7H2,1-5H3,(H4,17,18,19,20). The van der Waals surface area contributed by atoms with E-state index in [4.69, 9.17) is 16.3 Å². The number of nitrogens with zero attached hydrogens (tertiary/aromatic N) is 3. The first-order valence-corrected chi connectivity index (χ1v) is 7.40. The second kappa shape index (κ2) is 5.96. The van der Waals surface area contributed by atoms with Crippen LogP contribution in [0.2, 0.25) is 0 Å². The summed E-state index contributed by atoms with van der Waals surface area (Å²) in [6, 6.07) is 4.38. The highest BCUT2D eigenvalue weighted by molar-refractivity contribution is 5.95. The Kier molecular flexibility index (Phi) is 4.42. The zero-order valence-electron chi connectivity index (χ0n) is 14.0. The minimum absolute atomic E-state index is 0.174. The fourth-order valence-corrected chi connectivity index (χ4v) is 2.86. The Morgan fingerprint density at radius 3 is 2.27 bits per heavy atom. The normalized spacial score (nSPS) is 17.2. The van der Waals surface area contributed by atoms with E-state index in [9.17, 15) is 0 Å². The third-order valence-corrected chi connectivity index (χ3v) is 3.74. The number of hydroxylamine groups is 2. The molecule has 1 aromatic carbocycles. The molecule has 22 heavy (non-hydrogen) atoms. The van der Waals surface area contributed by atoms with E-state index in [1.165, 1.54) is 27.3 Å². The van der Waals surface area contributed by atoms with Gasteiger partial charge in [0, 0.05) is 0 Å². The monoisotopic (exact) mass is 303 g/mol. The van der Waals surface area contributed by atoms with E-state index in [2.05, 4.69) is 42.9 Å². The van der Waals surface area contributed by atoms with Crippen LogP contribution in [0.15, 0.2) is 22.1 Å². The summed E-state index contributed by atoms with van der Waals surface area (Å²) in [5.74, 6) is 0.405. The minimum atomic E-state index is -0.659. The van der Waals surface area contributed by atoms with Gasteiger partial charge in [-0.1, -0.05) is 17.7 Å². The molecule has 0 aliphatic carbocycles. The van der Waals surface area contributed by atoms with E-state index in [1.54, 1.807) is 0 Å². The van der Waals surface area contributed by atoms with Gasteiger partial charge in [-0.25, -0.2) is 4.99 Å². The summed E-state index contributed by atoms with van der Waals surface area (Å²) in [5, 5.41) is 1.52. The van der Waals surface area contributed by atoms with Crippen LogP contribution in [-0.4, -0.2) is 29.3 Å². The molecule has 4 N–H and O–H groups in total. The lowest BCUT2D eigenvalue weighted by molar-refractivity contribution is -0.156. The van der Waals surface area contributed by atoms with Crippen LogP contribution in [0.3, 0.4) is 0 Å². The Hall–Kier alpha value is -2.08. The second-order valence-electron chi connectivity index (χ2n) is 6.19. The molecule has 1 aromatic rings. The SMILES string of the molecule is Cc1cc(C)c(CCON2C(N)=NC(N)=NC2(C)C)c(C)c1. The molecule has 1 aliphatic heterocycles. The maximum absolute atomic E-state index is 5.89. The first-order chi connectivity index (χ1) is 10.2. The van der Waals surface area contributed by atoms with E-state index >= 15 is 0 Å². The lowest BCUT2D eigenvalue weighted by atomic mass is 9.98. The first-order valence-electron chi connectivity index (χ1n) is 7.40. The predicted molar refractivity (Wildman–Crippen MR) is 89.5 cm³/mol. The molecule has 0 amide bonds. The van der Waals surface area contributed by atoms with Crippen LogP contribution >= 0.6 is 0 Å². The molecule has 0 spiro atoms. The Labute approximate surface area is 131 Å². The van der Waals surface area contributed by atoms with Gasteiger partial charge in [-0.3, -0.25) is 4.84 Å². The molecule has 1 aliphatic rings. The van der Waals surface area contributed by atoms with E-state index in [1.807, 2.05) is 13.8 Å². The lowest BCUT2D eigenvalue weighted by Crippen LogP contribution is -2.53. The maximum atomic E-state index is 5.89. The topological polar surface area (TPSA) is 89.2 Å². The molecule has 0 bridgehead atoms. The van der Waals surface area contributed by atoms with Crippen molar-refractivity contribution in [1.29, 1.82) is 0 Å². The van der Waals surface area contributed by atoms with Crippen molar-refractivity contribution in [2.45, 2.75) is 46.7 Å². The Morgan fingerprint density at radius 2 is 1.73 bits per heavy atom. The number of aliphatic imine (C=N–C) groups is 2. The molecule has 0 aromatic heterocycles. The minimum Gasteiger partial charge on any atom is -0.368 e. The number of aryl methyl sites for hydroxylation is 3. The van der Waals surface area contributed by atoms with Gasteiger partial charge in [-0.2, -0.15) is 10.1 Å². The number of guanidine groups is 2. The van der Waals surface area contributed by atoms with Crippen molar-refractivity contribution in [3.8, 4) is 0 Å². The highest BCUT2D eigenvalue weighted by atomic mass is 16.7. The zero-order chi connectivity index (χ0) is 16.5. The van der Waals surface area contributed by atoms with E-state index in [-0.39, 0.29) is 11.9 Å². The van der Waals surface area contributed by atoms with Gasteiger partial charge in [0.15, 0.2) is 5.66 Å². The Morgan fingerprint density at radius 1 is 1.14 bits per heavy atom. The van der Waals surface area contributed by atoms with Gasteiger partial charge in [0.05, 0.1) is 6.61 Å². The highest BCUT2D eigenvalue weighted by Gasteiger charge is 2.33. The van der Waals surface area contributed by atoms with Gasteiger partial charge in [-0.05, 0) is 57.7 Å². The summed E-state index contributed by atoms with van der Waals surface area (Å²) in [6.45, 7) is 10.6. The zero-order valence-corrected chi connectivity index (χ0v) is 14.0. The lowest BCUT2D eigenvalue weighted by Gasteiger charge is -2.36. The predicted octanol–water partition coefficient (Wildman–Crippen LogP) is 1.77. The van der Waals surface area contributed by atoms with Gasteiger partial charge in [0.2, 0.25) is 11.9 Å². The van der Waals surface area contributed by atoms with Crippen LogP contribution < -0.4 is 11.5 Å². The number of benzene rings is 1. The second-order valence-corrected chi connectivity index (χ2v) is 6.19. The van der Waals surface area contributed by atoms with Crippen LogP contribution in [0, 0.1) is 20.8 Å². The van der Waals surface area contributed by atoms with Crippen molar-refractivity contribution in [1.82, 2.24) is 5.06 Å². The van der Waals surface area contributed by atoms with Crippen LogP contribution in [0.4, 0.5) is 0 Å². The fraction of sp³-hybridized carbons (Fsp3) is 0.500. The summed E-state index contributed by atoms with van der Waals surface area (Å²) in [7, 11) is 0. The van der Waals surface area contributed by atoms with E-state index < -0.39 is 5.66 Å². The number of hydrogen-bond donors (Lipinski definition) is 2. The van der Waals surface area contributed by atoms with Crippen molar-refractivity contribution in [3.63, 3.8) is 0 Å². The number of rotatable bonds is 4. The molecule has 0 fully saturated rings. The quantitative estimate of drug-likeness (QED) is 0.887. The summed E-state index contributed by atoms with van der Waals surface area (Å²) >= 11 is 0. The van der Waals surface area contributed by atoms with Crippen LogP contribution in [-0.2, 0) is 11.3 Å². The van der Waals surface area contributed by atoms with Crippen LogP contribution in [0.25, 0.3) is 0 Å². The molecule has 6 nitrogen and oxygen atoms in total. The molecule has 0 saturated heterocycles.